The summed E-state index contributed by atoms with van der Waals surface area (Å²) >= 11 is 0. The second-order valence-electron chi connectivity index (χ2n) is 11.9. The summed E-state index contributed by atoms with van der Waals surface area (Å²) in [6.45, 7) is 9.33. The molecule has 8 heteroatoms. The fourth-order valence-electron chi connectivity index (χ4n) is 5.95. The fourth-order valence-corrected chi connectivity index (χ4v) is 5.95. The Kier molecular flexibility index (Phi) is 9.65. The molecule has 3 aliphatic heterocycles. The van der Waals surface area contributed by atoms with Crippen LogP contribution in [0.2, 0.25) is 0 Å². The van der Waals surface area contributed by atoms with Gasteiger partial charge in [-0.1, -0.05) is 30.3 Å². The van der Waals surface area contributed by atoms with Crippen molar-refractivity contribution in [2.24, 2.45) is 0 Å². The summed E-state index contributed by atoms with van der Waals surface area (Å²) in [4.78, 5) is 33.8. The lowest BCUT2D eigenvalue weighted by Gasteiger charge is -2.36. The zero-order chi connectivity index (χ0) is 29.6. The Labute approximate surface area is 250 Å². The largest absolute Gasteiger partial charge is 0.482 e. The zero-order valence-electron chi connectivity index (χ0n) is 25.5. The molecule has 8 nitrogen and oxygen atoms in total. The highest BCUT2D eigenvalue weighted by Gasteiger charge is 2.35. The number of nitrogens with one attached hydrogen (secondary N) is 2. The molecule has 42 heavy (non-hydrogen) atoms. The number of benzene rings is 2. The van der Waals surface area contributed by atoms with Crippen molar-refractivity contribution in [2.45, 2.75) is 51.7 Å². The van der Waals surface area contributed by atoms with Crippen molar-refractivity contribution < 1.29 is 14.3 Å². The normalized spacial score (nSPS) is 23.4. The first kappa shape index (κ1) is 29.9. The molecular formula is C34H45N5O3. The highest BCUT2D eigenvalue weighted by Crippen LogP contribution is 2.39. The molecular weight excluding hydrogens is 526 g/mol. The number of hydrogen-bond donors (Lipinski definition) is 2. The smallest absolute Gasteiger partial charge is 0.256 e. The van der Waals surface area contributed by atoms with Crippen molar-refractivity contribution in [2.75, 3.05) is 58.3 Å². The lowest BCUT2D eigenvalue weighted by Crippen LogP contribution is -2.43. The second kappa shape index (κ2) is 13.6. The fraction of sp³-hybridized carbons (Fsp3) is 0.471. The van der Waals surface area contributed by atoms with Crippen LogP contribution in [-0.4, -0.2) is 87.0 Å². The van der Waals surface area contributed by atoms with Crippen molar-refractivity contribution in [1.29, 1.82) is 0 Å². The van der Waals surface area contributed by atoms with E-state index < -0.39 is 0 Å². The average molecular weight is 572 g/mol. The van der Waals surface area contributed by atoms with E-state index in [0.717, 1.165) is 67.7 Å². The Morgan fingerprint density at radius 3 is 2.50 bits per heavy atom. The number of anilines is 1. The number of carbonyl (C=O) groups is 2. The molecule has 0 radical (unpaired) electrons. The molecule has 2 bridgehead atoms. The van der Waals surface area contributed by atoms with Gasteiger partial charge in [-0.25, -0.2) is 0 Å². The monoisotopic (exact) mass is 571 g/mol. The molecule has 0 aliphatic carbocycles. The SMILES string of the molecule is CC1Oc2cc3ccccc3cc2N2C=C(C(=O)NCCN3CCCC3)C(=O)/C(=C/C=C\1NCCCCN(C)C)C2C. The lowest BCUT2D eigenvalue weighted by molar-refractivity contribution is -0.121. The predicted molar refractivity (Wildman–Crippen MR) is 170 cm³/mol. The number of amides is 1. The van der Waals surface area contributed by atoms with Gasteiger partial charge in [0.25, 0.3) is 5.91 Å². The number of carbonyl (C=O) groups excluding carboxylic acids is 2. The van der Waals surface area contributed by atoms with Crippen LogP contribution in [0.25, 0.3) is 10.8 Å². The van der Waals surface area contributed by atoms with E-state index in [4.69, 9.17) is 4.74 Å². The van der Waals surface area contributed by atoms with Crippen molar-refractivity contribution in [3.05, 3.63) is 71.6 Å². The van der Waals surface area contributed by atoms with Gasteiger partial charge in [-0.2, -0.15) is 0 Å². The molecule has 0 spiro atoms. The standard InChI is InChI=1S/C34H45N5O3/c1-24-28-13-14-30(35-15-7-8-17-37(3)4)25(2)42-32-22-27-12-6-5-11-26(27)21-31(32)39(24)23-29(33(28)40)34(41)36-16-20-38-18-9-10-19-38/h5-6,11-14,21-25,35H,7-10,15-20H2,1-4H3,(H,36,41)/b28-13+,30-14+. The van der Waals surface area contributed by atoms with Crippen LogP contribution in [0.5, 0.6) is 5.75 Å². The van der Waals surface area contributed by atoms with Gasteiger partial charge >= 0.3 is 0 Å². The molecule has 224 valence electrons. The molecule has 3 aliphatic rings. The van der Waals surface area contributed by atoms with Gasteiger partial charge in [0.1, 0.15) is 17.4 Å². The van der Waals surface area contributed by atoms with E-state index in [1.54, 1.807) is 6.20 Å². The summed E-state index contributed by atoms with van der Waals surface area (Å²) in [7, 11) is 4.17. The summed E-state index contributed by atoms with van der Waals surface area (Å²) in [5.74, 6) is 0.156. The van der Waals surface area contributed by atoms with Crippen LogP contribution in [-0.2, 0) is 9.59 Å². The molecule has 0 saturated carbocycles. The van der Waals surface area contributed by atoms with Gasteiger partial charge in [0.2, 0.25) is 0 Å². The lowest BCUT2D eigenvalue weighted by atomic mass is 9.91. The number of fused-ring (bicyclic) bond motifs is 5. The summed E-state index contributed by atoms with van der Waals surface area (Å²) in [5, 5.41) is 8.72. The van der Waals surface area contributed by atoms with Crippen LogP contribution in [0.4, 0.5) is 5.69 Å². The first-order chi connectivity index (χ1) is 20.3. The van der Waals surface area contributed by atoms with E-state index in [9.17, 15) is 9.59 Å². The molecule has 2 unspecified atom stereocenters. The zero-order valence-corrected chi connectivity index (χ0v) is 25.5. The van der Waals surface area contributed by atoms with Crippen LogP contribution in [0.3, 0.4) is 0 Å². The molecule has 2 aromatic rings. The number of unbranched alkanes of at least 4 members (excludes halogenated alkanes) is 1. The molecule has 2 N–H and O–H groups in total. The number of ether oxygens (including phenoxy) is 1. The number of ketones is 1. The molecule has 3 heterocycles. The highest BCUT2D eigenvalue weighted by molar-refractivity contribution is 6.27. The topological polar surface area (TPSA) is 77.1 Å². The van der Waals surface area contributed by atoms with Crippen LogP contribution in [0.1, 0.15) is 39.5 Å². The van der Waals surface area contributed by atoms with E-state index in [2.05, 4.69) is 58.8 Å². The molecule has 2 aromatic carbocycles. The van der Waals surface area contributed by atoms with Gasteiger partial charge < -0.3 is 30.1 Å². The first-order valence-corrected chi connectivity index (χ1v) is 15.4. The third-order valence-electron chi connectivity index (χ3n) is 8.45. The summed E-state index contributed by atoms with van der Waals surface area (Å²) in [6, 6.07) is 12.1. The van der Waals surface area contributed by atoms with Crippen LogP contribution in [0.15, 0.2) is 71.6 Å². The van der Waals surface area contributed by atoms with Gasteiger partial charge in [0.15, 0.2) is 5.78 Å². The summed E-state index contributed by atoms with van der Waals surface area (Å²) < 4.78 is 6.64. The third-order valence-corrected chi connectivity index (χ3v) is 8.45. The predicted octanol–water partition coefficient (Wildman–Crippen LogP) is 4.24. The maximum absolute atomic E-state index is 13.8. The van der Waals surface area contributed by atoms with Crippen LogP contribution >= 0.6 is 0 Å². The third kappa shape index (κ3) is 6.88. The van der Waals surface area contributed by atoms with Crippen molar-refractivity contribution >= 4 is 28.2 Å². The second-order valence-corrected chi connectivity index (χ2v) is 11.9. The molecule has 2 atom stereocenters. The van der Waals surface area contributed by atoms with E-state index in [-0.39, 0.29) is 29.4 Å². The van der Waals surface area contributed by atoms with Crippen molar-refractivity contribution in [3.8, 4) is 5.75 Å². The van der Waals surface area contributed by atoms with Crippen molar-refractivity contribution in [3.63, 3.8) is 0 Å². The van der Waals surface area contributed by atoms with Crippen LogP contribution < -0.4 is 20.3 Å². The number of likely N-dealkylation sites (tertiary alicyclic amines) is 1. The number of allylic oxidation sites excluding steroid dienone is 2. The number of Topliss-reactive ketones (excluding diaryl/α,β-unsaturated/α-hetero) is 1. The minimum atomic E-state index is -0.334. The molecule has 0 aromatic heterocycles. The van der Waals surface area contributed by atoms with Gasteiger partial charge in [-0.05, 0) is 102 Å². The number of rotatable bonds is 10. The molecule has 1 fully saturated rings. The number of nitrogens with zero attached hydrogens (tertiary/aromatic N) is 3. The first-order valence-electron chi connectivity index (χ1n) is 15.4. The minimum absolute atomic E-state index is 0.153. The Balaban J connectivity index is 1.49. The highest BCUT2D eigenvalue weighted by atomic mass is 16.5. The maximum Gasteiger partial charge on any atom is 0.256 e. The van der Waals surface area contributed by atoms with E-state index in [1.165, 1.54) is 12.8 Å². The Morgan fingerprint density at radius 1 is 1.02 bits per heavy atom. The van der Waals surface area contributed by atoms with Gasteiger partial charge in [0.05, 0.1) is 17.4 Å². The molecule has 1 saturated heterocycles. The van der Waals surface area contributed by atoms with Gasteiger partial charge in [0, 0.05) is 31.4 Å². The van der Waals surface area contributed by atoms with E-state index in [0.29, 0.717) is 17.9 Å². The average Bonchev–Trinajstić information content (AvgIpc) is 3.48. The maximum atomic E-state index is 13.8. The van der Waals surface area contributed by atoms with Crippen LogP contribution in [0, 0.1) is 0 Å². The van der Waals surface area contributed by atoms with E-state index in [1.807, 2.05) is 43.0 Å². The van der Waals surface area contributed by atoms with Gasteiger partial charge in [-0.15, -0.1) is 0 Å². The quantitative estimate of drug-likeness (QED) is 0.326. The Hall–Kier alpha value is -3.62. The molecule has 5 rings (SSSR count). The Morgan fingerprint density at radius 2 is 1.76 bits per heavy atom. The minimum Gasteiger partial charge on any atom is -0.482 e. The molecule has 1 amide bonds. The van der Waals surface area contributed by atoms with Gasteiger partial charge in [-0.3, -0.25) is 9.59 Å². The summed E-state index contributed by atoms with van der Waals surface area (Å²) in [5.41, 5.74) is 2.48. The Bertz CT molecular complexity index is 1390. The number of hydrogen-bond acceptors (Lipinski definition) is 7. The summed E-state index contributed by atoms with van der Waals surface area (Å²) in [6.07, 6.45) is 9.79. The van der Waals surface area contributed by atoms with E-state index >= 15 is 0 Å². The van der Waals surface area contributed by atoms with Crippen molar-refractivity contribution in [1.82, 2.24) is 20.4 Å².